The fourth-order valence-corrected chi connectivity index (χ4v) is 18.4. The van der Waals surface area contributed by atoms with Crippen molar-refractivity contribution in [2.45, 2.75) is 70.4 Å². The first kappa shape index (κ1) is 55.6. The maximum Gasteiger partial charge on any atom is 0.333 e. The predicted octanol–water partition coefficient (Wildman–Crippen LogP) is 8.33. The zero-order valence-electron chi connectivity index (χ0n) is 40.8. The molecule has 23 heteroatoms. The minimum atomic E-state index is -5.34. The van der Waals surface area contributed by atoms with Gasteiger partial charge in [0.05, 0.1) is 53.0 Å². The van der Waals surface area contributed by atoms with Gasteiger partial charge in [-0.15, -0.1) is 0 Å². The van der Waals surface area contributed by atoms with Crippen LogP contribution in [-0.2, 0) is 76.1 Å². The molecule has 0 spiro atoms. The fourth-order valence-electron chi connectivity index (χ4n) is 7.28. The molecule has 75 heavy (non-hydrogen) atoms. The fraction of sp³-hybridized carbons (Fsp3) is 0.135. The summed E-state index contributed by atoms with van der Waals surface area (Å²) in [7, 11) is -30.5. The molecule has 0 bridgehead atoms. The maximum atomic E-state index is 15.0. The van der Waals surface area contributed by atoms with Crippen LogP contribution < -0.4 is 11.1 Å². The average Bonchev–Trinajstić information content (AvgIpc) is 3.36. The summed E-state index contributed by atoms with van der Waals surface area (Å²) < 4.78 is 180. The van der Waals surface area contributed by atoms with Crippen LogP contribution in [0.25, 0.3) is 0 Å². The number of esters is 1. The summed E-state index contributed by atoms with van der Waals surface area (Å²) in [6.45, 7) is 11.7. The van der Waals surface area contributed by atoms with E-state index in [4.69, 9.17) is 4.74 Å². The Morgan fingerprint density at radius 1 is 0.360 bits per heavy atom. The molecule has 0 heterocycles. The highest BCUT2D eigenvalue weighted by atomic mass is 32.3. The Kier molecular flexibility index (Phi) is 15.7. The smallest absolute Gasteiger partial charge is 0.333 e. The Labute approximate surface area is 438 Å². The largest absolute Gasteiger partial charge is 0.462 e. The predicted molar refractivity (Wildman–Crippen MR) is 284 cm³/mol. The van der Waals surface area contributed by atoms with Gasteiger partial charge >= 0.3 is 5.97 Å². The van der Waals surface area contributed by atoms with E-state index in [0.29, 0.717) is 27.8 Å². The molecule has 0 atom stereocenters. The molecule has 0 aromatic heterocycles. The van der Waals surface area contributed by atoms with E-state index in [1.807, 2.05) is 0 Å². The molecule has 0 amide bonds. The first-order valence-corrected chi connectivity index (χ1v) is 31.0. The van der Waals surface area contributed by atoms with Crippen molar-refractivity contribution >= 4 is 83.2 Å². The molecule has 392 valence electrons. The van der Waals surface area contributed by atoms with E-state index in [1.165, 1.54) is 116 Å². The Balaban J connectivity index is 1.35. The van der Waals surface area contributed by atoms with E-state index in [-0.39, 0.29) is 29.7 Å². The second-order valence-corrected chi connectivity index (χ2v) is 28.6. The number of nitrogens with zero attached hydrogens (tertiary/aromatic N) is 3. The van der Waals surface area contributed by atoms with Crippen LogP contribution >= 0.6 is 0 Å². The van der Waals surface area contributed by atoms with Crippen molar-refractivity contribution in [3.05, 3.63) is 210 Å². The van der Waals surface area contributed by atoms with E-state index in [0.717, 1.165) is 60.7 Å². The van der Waals surface area contributed by atoms with Gasteiger partial charge in [0.25, 0.3) is 60.1 Å². The first-order chi connectivity index (χ1) is 35.1. The summed E-state index contributed by atoms with van der Waals surface area (Å²) in [4.78, 5) is 8.82. The normalized spacial score (nSPS) is 12.4. The number of hydrogen-bond donors (Lipinski definition) is 0. The van der Waals surface area contributed by atoms with Gasteiger partial charge in [0.1, 0.15) is 0 Å². The third-order valence-corrected chi connectivity index (χ3v) is 24.0. The third kappa shape index (κ3) is 11.4. The lowest BCUT2D eigenvalue weighted by molar-refractivity contribution is -0.138. The quantitative estimate of drug-likeness (QED) is 0.0546. The summed E-state index contributed by atoms with van der Waals surface area (Å²) >= 11 is 0. The van der Waals surface area contributed by atoms with Gasteiger partial charge < -0.3 is 4.74 Å². The molecule has 0 N–H and O–H groups in total. The second-order valence-electron chi connectivity index (χ2n) is 17.2. The highest BCUT2D eigenvalue weighted by Crippen LogP contribution is 2.37. The maximum absolute atomic E-state index is 15.0. The van der Waals surface area contributed by atoms with E-state index < -0.39 is 113 Å². The van der Waals surface area contributed by atoms with E-state index in [9.17, 15) is 55.3 Å². The molecule has 0 radical (unpaired) electrons. The van der Waals surface area contributed by atoms with Crippen molar-refractivity contribution in [2.75, 3.05) is 17.7 Å². The van der Waals surface area contributed by atoms with Crippen LogP contribution in [0.5, 0.6) is 0 Å². The number of anilines is 3. The van der Waals surface area contributed by atoms with Crippen LogP contribution in [0.1, 0.15) is 34.7 Å². The molecule has 7 rings (SSSR count). The molecule has 7 aromatic carbocycles. The van der Waals surface area contributed by atoms with Gasteiger partial charge in [0.2, 0.25) is 0 Å². The van der Waals surface area contributed by atoms with Gasteiger partial charge in [-0.3, -0.25) is 0 Å². The number of aryl methyl sites for hydroxylation is 4. The van der Waals surface area contributed by atoms with Crippen molar-refractivity contribution in [1.82, 2.24) is 0 Å². The number of hydrogen-bond acceptors (Lipinski definition) is 14. The Morgan fingerprint density at radius 3 is 0.773 bits per heavy atom. The van der Waals surface area contributed by atoms with E-state index in [1.54, 1.807) is 27.7 Å². The van der Waals surface area contributed by atoms with Crippen LogP contribution in [0.15, 0.2) is 211 Å². The Hall–Kier alpha value is -7.15. The van der Waals surface area contributed by atoms with Crippen LogP contribution in [-0.4, -0.2) is 63.1 Å². The first-order valence-electron chi connectivity index (χ1n) is 22.4. The molecule has 0 unspecified atom stereocenters. The van der Waals surface area contributed by atoms with Crippen molar-refractivity contribution in [1.29, 1.82) is 0 Å². The van der Waals surface area contributed by atoms with Gasteiger partial charge in [-0.05, 0) is 149 Å². The van der Waals surface area contributed by atoms with Gasteiger partial charge in [-0.2, -0.15) is 11.1 Å². The van der Waals surface area contributed by atoms with Crippen LogP contribution in [0, 0.1) is 27.7 Å². The molecule has 0 fully saturated rings. The van der Waals surface area contributed by atoms with E-state index >= 15 is 0 Å². The SMILES string of the molecule is C=C(C)C(=O)OCCc1ccc(N(S(=O)(=O)c2ccc(N(S(=O)(=O)c3ccc(C)cc3)S(=O)(=O)c3ccc(C)cc3)cc2)S(=O)(=O)c2ccc(N(S(=O)(=O)c3ccc(C)cc3)S(=O)(=O)c3ccc(C)cc3)cc2)cc1. The molecule has 0 saturated heterocycles. The third-order valence-electron chi connectivity index (χ3n) is 11.4. The number of rotatable bonds is 19. The van der Waals surface area contributed by atoms with Crippen LogP contribution in [0.2, 0.25) is 0 Å². The lowest BCUT2D eigenvalue weighted by Crippen LogP contribution is -2.38. The zero-order chi connectivity index (χ0) is 54.9. The van der Waals surface area contributed by atoms with Gasteiger partial charge in [-0.1, -0.05) is 89.5 Å². The topological polar surface area (TPSA) is 241 Å². The molecule has 0 aliphatic heterocycles. The van der Waals surface area contributed by atoms with E-state index in [2.05, 4.69) is 6.58 Å². The molecular weight excluding hydrogens is 1080 g/mol. The second kappa shape index (κ2) is 21.2. The van der Waals surface area contributed by atoms with Gasteiger partial charge in [0, 0.05) is 12.0 Å². The minimum absolute atomic E-state index is 0.0581. The standard InChI is InChI=1S/C52H49N3O14S6/c1-37(2)52(56)69-36-35-42-15-17-43(18-16-42)53(74(65,66)50-31-19-44(20-32-50)54(70(57,58)46-23-7-38(3)8-24-46)71(59,60)47-25-9-39(4)10-26-47)75(67,68)51-33-21-45(22-34-51)55(72(61,62)48-27-11-40(5)12-28-48)73(63,64)49-29-13-41(6)14-30-49/h7-34H,1,35-36H2,2-6H3. The molecule has 0 aliphatic rings. The highest BCUT2D eigenvalue weighted by Gasteiger charge is 2.41. The molecular formula is C52H49N3O14S6. The summed E-state index contributed by atoms with van der Waals surface area (Å²) in [6, 6.07) is 33.3. The molecule has 0 aliphatic carbocycles. The summed E-state index contributed by atoms with van der Waals surface area (Å²) in [5.41, 5.74) is 1.77. The number of carbonyl (C=O) groups excluding carboxylic acids is 1. The number of benzene rings is 7. The summed E-state index contributed by atoms with van der Waals surface area (Å²) in [5.74, 6) is -0.653. The minimum Gasteiger partial charge on any atom is -0.462 e. The molecule has 17 nitrogen and oxygen atoms in total. The molecule has 0 saturated carbocycles. The zero-order valence-corrected chi connectivity index (χ0v) is 45.7. The summed E-state index contributed by atoms with van der Waals surface area (Å²) in [5, 5.41) is 0. The van der Waals surface area contributed by atoms with Gasteiger partial charge in [-0.25, -0.2) is 55.3 Å². The molecule has 7 aromatic rings. The van der Waals surface area contributed by atoms with Crippen LogP contribution in [0.3, 0.4) is 0 Å². The summed E-state index contributed by atoms with van der Waals surface area (Å²) in [6.07, 6.45) is 0.114. The highest BCUT2D eigenvalue weighted by molar-refractivity contribution is 8.11. The van der Waals surface area contributed by atoms with Crippen molar-refractivity contribution in [2.24, 2.45) is 0 Å². The number of ether oxygens (including phenoxy) is 1. The average molecular weight is 1130 g/mol. The van der Waals surface area contributed by atoms with Crippen molar-refractivity contribution < 1.29 is 60.0 Å². The lowest BCUT2D eigenvalue weighted by Gasteiger charge is -2.27. The Bertz CT molecular complexity index is 3610. The number of carbonyl (C=O) groups is 1. The monoisotopic (exact) mass is 1130 g/mol. The lowest BCUT2D eigenvalue weighted by atomic mass is 10.1. The Morgan fingerprint density at radius 2 is 0.560 bits per heavy atom. The van der Waals surface area contributed by atoms with Crippen LogP contribution in [0.4, 0.5) is 17.1 Å². The van der Waals surface area contributed by atoms with Gasteiger partial charge in [0.15, 0.2) is 0 Å². The van der Waals surface area contributed by atoms with Crippen molar-refractivity contribution in [3.63, 3.8) is 0 Å². The number of sulfonamides is 6. The van der Waals surface area contributed by atoms with Crippen molar-refractivity contribution in [3.8, 4) is 0 Å².